The minimum atomic E-state index is -0.980. The van der Waals surface area contributed by atoms with Crippen molar-refractivity contribution in [1.82, 2.24) is 20.0 Å². The maximum atomic E-state index is 11.6. The first kappa shape index (κ1) is 16.9. The molecule has 0 bridgehead atoms. The van der Waals surface area contributed by atoms with E-state index in [4.69, 9.17) is 9.26 Å². The van der Waals surface area contributed by atoms with E-state index in [-0.39, 0.29) is 12.5 Å². The van der Waals surface area contributed by atoms with Crippen LogP contribution in [0.1, 0.15) is 43.1 Å². The van der Waals surface area contributed by atoms with Gasteiger partial charge >= 0.3 is 5.97 Å². The summed E-state index contributed by atoms with van der Waals surface area (Å²) in [6, 6.07) is 2.44. The maximum Gasteiger partial charge on any atom is 0.325 e. The topological polar surface area (TPSA) is 102 Å². The first-order valence-corrected chi connectivity index (χ1v) is 7.17. The van der Waals surface area contributed by atoms with E-state index in [1.54, 1.807) is 24.1 Å². The van der Waals surface area contributed by atoms with Crippen molar-refractivity contribution in [2.75, 3.05) is 14.2 Å². The molecule has 0 aromatic carbocycles. The van der Waals surface area contributed by atoms with Crippen LogP contribution in [0.25, 0.3) is 0 Å². The third-order valence-electron chi connectivity index (χ3n) is 3.33. The van der Waals surface area contributed by atoms with Gasteiger partial charge in [-0.1, -0.05) is 19.0 Å². The van der Waals surface area contributed by atoms with E-state index in [9.17, 15) is 9.90 Å². The summed E-state index contributed by atoms with van der Waals surface area (Å²) in [4.78, 5) is 21.6. The lowest BCUT2D eigenvalue weighted by molar-refractivity contribution is -0.143. The van der Waals surface area contributed by atoms with Gasteiger partial charge in [-0.3, -0.25) is 9.69 Å². The molecule has 2 aromatic rings. The van der Waals surface area contributed by atoms with Gasteiger partial charge < -0.3 is 14.4 Å². The smallest absolute Gasteiger partial charge is 0.325 e. The molecule has 0 saturated carbocycles. The molecule has 0 unspecified atom stereocenters. The molecule has 8 heteroatoms. The van der Waals surface area contributed by atoms with Crippen LogP contribution in [0.3, 0.4) is 0 Å². The lowest BCUT2D eigenvalue weighted by Gasteiger charge is -2.23. The predicted molar refractivity (Wildman–Crippen MR) is 81.0 cm³/mol. The molecular weight excluding hydrogens is 300 g/mol. The highest BCUT2D eigenvalue weighted by molar-refractivity contribution is 5.75. The zero-order chi connectivity index (χ0) is 17.0. The zero-order valence-electron chi connectivity index (χ0n) is 13.6. The number of nitrogens with zero attached hydrogens (tertiary/aromatic N) is 4. The van der Waals surface area contributed by atoms with E-state index in [1.165, 1.54) is 13.3 Å². The Balaban J connectivity index is 2.16. The second kappa shape index (κ2) is 7.19. The van der Waals surface area contributed by atoms with Crippen molar-refractivity contribution in [2.45, 2.75) is 32.4 Å². The lowest BCUT2D eigenvalue weighted by Crippen LogP contribution is -2.31. The second-order valence-corrected chi connectivity index (χ2v) is 5.49. The summed E-state index contributed by atoms with van der Waals surface area (Å²) in [5.41, 5.74) is 0.549. The van der Waals surface area contributed by atoms with Gasteiger partial charge in [0.05, 0.1) is 13.7 Å². The van der Waals surface area contributed by atoms with Gasteiger partial charge in [-0.15, -0.1) is 0 Å². The largest absolute Gasteiger partial charge is 0.481 e. The highest BCUT2D eigenvalue weighted by Crippen LogP contribution is 2.22. The molecule has 0 aliphatic heterocycles. The summed E-state index contributed by atoms with van der Waals surface area (Å²) >= 11 is 0. The maximum absolute atomic E-state index is 11.6. The van der Waals surface area contributed by atoms with Crippen LogP contribution in [-0.2, 0) is 11.3 Å². The summed E-state index contributed by atoms with van der Waals surface area (Å²) in [6.45, 7) is 4.15. The zero-order valence-corrected chi connectivity index (χ0v) is 13.6. The van der Waals surface area contributed by atoms with E-state index in [1.807, 2.05) is 13.8 Å². The van der Waals surface area contributed by atoms with Gasteiger partial charge in [-0.2, -0.15) is 4.98 Å². The highest BCUT2D eigenvalue weighted by Gasteiger charge is 2.26. The van der Waals surface area contributed by atoms with Gasteiger partial charge in [0.1, 0.15) is 6.04 Å². The third-order valence-corrected chi connectivity index (χ3v) is 3.33. The van der Waals surface area contributed by atoms with Gasteiger partial charge in [0.15, 0.2) is 5.82 Å². The Hall–Kier alpha value is -2.48. The number of aliphatic carboxylic acids is 1. The summed E-state index contributed by atoms with van der Waals surface area (Å²) < 4.78 is 10.1. The predicted octanol–water partition coefficient (Wildman–Crippen LogP) is 1.85. The summed E-state index contributed by atoms with van der Waals surface area (Å²) in [5.74, 6) is 0.560. The summed E-state index contributed by atoms with van der Waals surface area (Å²) in [5, 5.41) is 13.4. The van der Waals surface area contributed by atoms with E-state index >= 15 is 0 Å². The Morgan fingerprint density at radius 2 is 2.17 bits per heavy atom. The Morgan fingerprint density at radius 1 is 1.43 bits per heavy atom. The number of likely N-dealkylation sites (N-methyl/N-ethyl adjacent to an activating group) is 1. The average Bonchev–Trinajstić information content (AvgIpc) is 2.96. The van der Waals surface area contributed by atoms with E-state index in [2.05, 4.69) is 15.1 Å². The third kappa shape index (κ3) is 4.04. The van der Waals surface area contributed by atoms with Crippen LogP contribution in [0.5, 0.6) is 5.88 Å². The number of carbonyl (C=O) groups is 1. The van der Waals surface area contributed by atoms with Crippen LogP contribution in [0.15, 0.2) is 22.9 Å². The number of rotatable bonds is 7. The van der Waals surface area contributed by atoms with Crippen LogP contribution in [0.4, 0.5) is 0 Å². The molecular formula is C15H20N4O4. The summed E-state index contributed by atoms with van der Waals surface area (Å²) in [7, 11) is 3.19. The number of methoxy groups -OCH3 is 1. The van der Waals surface area contributed by atoms with Crippen molar-refractivity contribution in [3.8, 4) is 5.88 Å². The van der Waals surface area contributed by atoms with Crippen LogP contribution < -0.4 is 4.74 Å². The molecule has 0 radical (unpaired) electrons. The quantitative estimate of drug-likeness (QED) is 0.824. The number of ether oxygens (including phenoxy) is 1. The van der Waals surface area contributed by atoms with Gasteiger partial charge in [0.2, 0.25) is 11.8 Å². The molecule has 0 amide bonds. The fourth-order valence-corrected chi connectivity index (χ4v) is 2.14. The van der Waals surface area contributed by atoms with Crippen LogP contribution >= 0.6 is 0 Å². The Labute approximate surface area is 134 Å². The average molecular weight is 320 g/mol. The van der Waals surface area contributed by atoms with Gasteiger partial charge in [0.25, 0.3) is 0 Å². The molecule has 1 atom stereocenters. The van der Waals surface area contributed by atoms with E-state index < -0.39 is 12.0 Å². The molecule has 0 fully saturated rings. The highest BCUT2D eigenvalue weighted by atomic mass is 16.5. The first-order valence-electron chi connectivity index (χ1n) is 7.17. The molecule has 0 saturated heterocycles. The van der Waals surface area contributed by atoms with Gasteiger partial charge in [-0.25, -0.2) is 4.98 Å². The van der Waals surface area contributed by atoms with Gasteiger partial charge in [-0.05, 0) is 18.7 Å². The normalized spacial score (nSPS) is 12.6. The van der Waals surface area contributed by atoms with Crippen molar-refractivity contribution >= 4 is 5.97 Å². The molecule has 2 rings (SSSR count). The van der Waals surface area contributed by atoms with Crippen molar-refractivity contribution < 1.29 is 19.2 Å². The fourth-order valence-electron chi connectivity index (χ4n) is 2.14. The number of hydrogen-bond acceptors (Lipinski definition) is 7. The van der Waals surface area contributed by atoms with Gasteiger partial charge in [0, 0.05) is 18.2 Å². The molecule has 0 aliphatic carbocycles. The molecule has 23 heavy (non-hydrogen) atoms. The van der Waals surface area contributed by atoms with Crippen molar-refractivity contribution in [1.29, 1.82) is 0 Å². The van der Waals surface area contributed by atoms with E-state index in [0.29, 0.717) is 23.2 Å². The van der Waals surface area contributed by atoms with Crippen LogP contribution in [0.2, 0.25) is 0 Å². The first-order chi connectivity index (χ1) is 10.9. The molecule has 0 aliphatic rings. The van der Waals surface area contributed by atoms with E-state index in [0.717, 1.165) is 0 Å². The number of carboxylic acid groups (broad SMARTS) is 1. The Kier molecular flexibility index (Phi) is 5.28. The molecule has 124 valence electrons. The minimum Gasteiger partial charge on any atom is -0.481 e. The molecule has 8 nitrogen and oxygen atoms in total. The SMILES string of the molecule is COc1ccc([C@H](C(=O)O)N(C)Cc2noc(C(C)C)n2)cn1. The minimum absolute atomic E-state index is 0.127. The Morgan fingerprint density at radius 3 is 2.65 bits per heavy atom. The van der Waals surface area contributed by atoms with Crippen molar-refractivity contribution in [3.05, 3.63) is 35.6 Å². The number of aromatic nitrogens is 3. The number of pyridine rings is 1. The Bertz CT molecular complexity index is 654. The molecule has 2 heterocycles. The van der Waals surface area contributed by atoms with Crippen molar-refractivity contribution in [2.24, 2.45) is 0 Å². The fraction of sp³-hybridized carbons (Fsp3) is 0.467. The number of carboxylic acids is 1. The lowest BCUT2D eigenvalue weighted by atomic mass is 10.1. The van der Waals surface area contributed by atoms with Crippen LogP contribution in [0, 0.1) is 0 Å². The molecule has 0 spiro atoms. The number of hydrogen-bond donors (Lipinski definition) is 1. The van der Waals surface area contributed by atoms with Crippen molar-refractivity contribution in [3.63, 3.8) is 0 Å². The monoisotopic (exact) mass is 320 g/mol. The summed E-state index contributed by atoms with van der Waals surface area (Å²) in [6.07, 6.45) is 1.49. The standard InChI is InChI=1S/C15H20N4O4/c1-9(2)14-17-11(18-23-14)8-19(3)13(15(20)21)10-5-6-12(22-4)16-7-10/h5-7,9,13H,8H2,1-4H3,(H,20,21)/t13-/m1/s1. The molecule has 2 aromatic heterocycles. The second-order valence-electron chi connectivity index (χ2n) is 5.49. The molecule has 1 N–H and O–H groups in total. The van der Waals surface area contributed by atoms with Crippen LogP contribution in [-0.4, -0.2) is 45.3 Å².